The molecule has 1 spiro atoms. The van der Waals surface area contributed by atoms with Gasteiger partial charge in [0.15, 0.2) is 0 Å². The number of imidazole rings is 1. The Balaban J connectivity index is 0.881. The molecule has 3 aromatic heterocycles. The first-order chi connectivity index (χ1) is 44.4. The van der Waals surface area contributed by atoms with Gasteiger partial charge in [0.1, 0.15) is 11.5 Å². The number of hydrogen-bond acceptors (Lipinski definition) is 3. The normalized spacial score (nSPS) is 13.8. The predicted octanol–water partition coefficient (Wildman–Crippen LogP) is 20.8. The number of aryl methyl sites for hydroxylation is 1. The minimum absolute atomic E-state index is 0.0855. The molecule has 16 rings (SSSR count). The number of para-hydroxylation sites is 5. The molecular weight excluding hydrogens is 1270 g/mol. The molecule has 11 aromatic carbocycles. The van der Waals surface area contributed by atoms with Crippen molar-refractivity contribution >= 4 is 32.8 Å². The SMILES string of the molecule is [2H]C([2H])([2H])c1cc(-n2c3[c-]c(Oc4[c-]c(-n5[c](=[Pt])n(-c6c(-c7ccccc7)cccc6-c6cc(C(C)(C)C)cc(C(C)(C)C)c6)c6ccccc65)ccc4)ccc3c3cc4c(cc32)C2(c3ccccc3Oc3ccccc32)c2ccccc2-4)ncc1-c1ccccc1. The maximum atomic E-state index is 8.99. The Bertz CT molecular complexity index is 5320. The van der Waals surface area contributed by atoms with Gasteiger partial charge in [0.05, 0.1) is 5.41 Å². The van der Waals surface area contributed by atoms with Crippen molar-refractivity contribution in [1.82, 2.24) is 18.7 Å². The van der Waals surface area contributed by atoms with Crippen molar-refractivity contribution in [3.8, 4) is 84.7 Å². The Morgan fingerprint density at radius 3 is 1.71 bits per heavy atom. The Labute approximate surface area is 534 Å². The van der Waals surface area contributed by atoms with Crippen LogP contribution in [0.1, 0.15) is 84.6 Å². The molecule has 7 heteroatoms. The zero-order chi connectivity index (χ0) is 63.0. The van der Waals surface area contributed by atoms with E-state index in [0.717, 1.165) is 115 Å². The number of nitrogens with zero attached hydrogens (tertiary/aromatic N) is 4. The topological polar surface area (TPSA) is 46.1 Å². The second-order valence-electron chi connectivity index (χ2n) is 25.4. The van der Waals surface area contributed by atoms with E-state index in [-0.39, 0.29) is 16.4 Å². The van der Waals surface area contributed by atoms with Crippen molar-refractivity contribution in [2.45, 2.75) is 64.6 Å². The van der Waals surface area contributed by atoms with Crippen LogP contribution in [0.3, 0.4) is 0 Å². The number of fused-ring (bicyclic) bond motifs is 13. The van der Waals surface area contributed by atoms with E-state index in [1.54, 1.807) is 12.3 Å². The van der Waals surface area contributed by atoms with E-state index in [2.05, 4.69) is 263 Å². The molecule has 14 aromatic rings. The molecule has 0 bridgehead atoms. The standard InChI is InChI=1S/C82H62N4O2.Pt/c1-52-42-78(83-50-67(52)54-26-12-9-13-27-54)86-74-47-60(40-41-64(74)66-48-65-63-30-14-15-33-68(63)82(71(65)49-75(66)86)69-34-16-20-38-76(69)88-77-39-21-17-35-70(77)82)87-59-29-22-28-58(46-59)84-51-85(73-37-19-18-36-72(73)84)79-61(53-24-10-8-11-25-53)31-23-32-62(79)55-43-56(80(2,3)4)45-57(44-55)81(5,6)7;/h8-45,48-50H,1-7H3;/q-2;/i1D3;. The minimum Gasteiger partial charge on any atom is -0.457 e. The van der Waals surface area contributed by atoms with Crippen molar-refractivity contribution in [1.29, 1.82) is 0 Å². The fourth-order valence-electron chi connectivity index (χ4n) is 13.8. The number of ether oxygens (including phenoxy) is 2. The van der Waals surface area contributed by atoms with Crippen LogP contribution in [0.4, 0.5) is 0 Å². The molecule has 1 aliphatic carbocycles. The molecule has 4 heterocycles. The molecule has 434 valence electrons. The van der Waals surface area contributed by atoms with Crippen LogP contribution in [0.25, 0.3) is 94.5 Å². The number of rotatable bonds is 8. The zero-order valence-electron chi connectivity index (χ0n) is 53.1. The van der Waals surface area contributed by atoms with Gasteiger partial charge >= 0.3 is 346 Å². The predicted molar refractivity (Wildman–Crippen MR) is 358 cm³/mol. The van der Waals surface area contributed by atoms with Crippen LogP contribution in [-0.4, -0.2) is 18.7 Å². The zero-order valence-corrected chi connectivity index (χ0v) is 52.4. The third-order valence-electron chi connectivity index (χ3n) is 18.1. The summed E-state index contributed by atoms with van der Waals surface area (Å²) in [6.45, 7) is 11.3. The molecule has 0 fully saturated rings. The van der Waals surface area contributed by atoms with E-state index < -0.39 is 12.3 Å². The molecule has 0 radical (unpaired) electrons. The van der Waals surface area contributed by atoms with Gasteiger partial charge in [0, 0.05) is 27.0 Å². The van der Waals surface area contributed by atoms with Crippen molar-refractivity contribution < 1.29 is 32.9 Å². The van der Waals surface area contributed by atoms with Gasteiger partial charge in [-0.1, -0.05) is 91.0 Å². The summed E-state index contributed by atoms with van der Waals surface area (Å²) in [6.07, 6.45) is 1.70. The van der Waals surface area contributed by atoms with E-state index in [1.807, 2.05) is 60.7 Å². The molecule has 89 heavy (non-hydrogen) atoms. The molecule has 0 atom stereocenters. The first kappa shape index (κ1) is 51.2. The first-order valence-corrected chi connectivity index (χ1v) is 31.4. The summed E-state index contributed by atoms with van der Waals surface area (Å²) in [7, 11) is 0. The van der Waals surface area contributed by atoms with E-state index >= 15 is 0 Å². The van der Waals surface area contributed by atoms with E-state index in [9.17, 15) is 0 Å². The van der Waals surface area contributed by atoms with Crippen molar-refractivity contribution in [3.05, 3.63) is 304 Å². The van der Waals surface area contributed by atoms with Crippen LogP contribution in [-0.2, 0) is 35.6 Å². The fraction of sp³-hybridized carbons (Fsp3) is 0.122. The Morgan fingerprint density at radius 1 is 0.461 bits per heavy atom. The number of benzene rings is 11. The van der Waals surface area contributed by atoms with Gasteiger partial charge in [0.25, 0.3) is 0 Å². The maximum absolute atomic E-state index is 8.99. The smallest absolute Gasteiger partial charge is 0.457 e. The molecule has 0 unspecified atom stereocenters. The van der Waals surface area contributed by atoms with Crippen LogP contribution in [0.2, 0.25) is 0 Å². The average molecular weight is 1330 g/mol. The Morgan fingerprint density at radius 2 is 1.03 bits per heavy atom. The molecule has 0 saturated heterocycles. The van der Waals surface area contributed by atoms with Crippen LogP contribution >= 0.6 is 0 Å². The molecule has 0 saturated carbocycles. The van der Waals surface area contributed by atoms with Gasteiger partial charge in [-0.2, -0.15) is 0 Å². The number of hydrogen-bond donors (Lipinski definition) is 0. The van der Waals surface area contributed by atoms with E-state index in [4.69, 9.17) is 18.6 Å². The van der Waals surface area contributed by atoms with Gasteiger partial charge in [-0.3, -0.25) is 0 Å². The number of pyridine rings is 1. The molecule has 0 N–H and O–H groups in total. The van der Waals surface area contributed by atoms with E-state index in [1.165, 1.54) is 11.1 Å². The summed E-state index contributed by atoms with van der Waals surface area (Å²) in [5.74, 6) is 2.96. The molecular formula is C82H62N4O2Pt-2. The monoisotopic (exact) mass is 1330 g/mol. The van der Waals surface area contributed by atoms with Gasteiger partial charge in [-0.25, -0.2) is 0 Å². The Kier molecular flexibility index (Phi) is 11.9. The molecule has 1 aliphatic heterocycles. The van der Waals surface area contributed by atoms with Gasteiger partial charge in [0.2, 0.25) is 0 Å². The summed E-state index contributed by atoms with van der Waals surface area (Å²) in [5.41, 5.74) is 19.6. The van der Waals surface area contributed by atoms with Crippen LogP contribution in [0.5, 0.6) is 23.0 Å². The molecule has 0 amide bonds. The average Bonchev–Trinajstić information content (AvgIpc) is 1.49. The summed E-state index contributed by atoms with van der Waals surface area (Å²) < 4.78 is 48.4. The third kappa shape index (κ3) is 8.70. The van der Waals surface area contributed by atoms with Crippen LogP contribution < -0.4 is 9.47 Å². The van der Waals surface area contributed by atoms with Gasteiger partial charge in [-0.15, -0.1) is 0 Å². The first-order valence-electron chi connectivity index (χ1n) is 31.8. The van der Waals surface area contributed by atoms with E-state index in [0.29, 0.717) is 28.4 Å². The molecule has 2 aliphatic rings. The molecule has 6 nitrogen and oxygen atoms in total. The van der Waals surface area contributed by atoms with Crippen LogP contribution in [0, 0.1) is 22.8 Å². The summed E-state index contributed by atoms with van der Waals surface area (Å²) in [6, 6.07) is 92.0. The quantitative estimate of drug-likeness (QED) is 0.142. The van der Waals surface area contributed by atoms with Crippen LogP contribution in [0.15, 0.2) is 249 Å². The summed E-state index contributed by atoms with van der Waals surface area (Å²) in [4.78, 5) is 5.19. The van der Waals surface area contributed by atoms with Crippen molar-refractivity contribution in [2.75, 3.05) is 0 Å². The van der Waals surface area contributed by atoms with Gasteiger partial charge in [-0.05, 0) is 52.4 Å². The van der Waals surface area contributed by atoms with Crippen molar-refractivity contribution in [3.63, 3.8) is 0 Å². The van der Waals surface area contributed by atoms with Crippen molar-refractivity contribution in [2.24, 2.45) is 0 Å². The summed E-state index contributed by atoms with van der Waals surface area (Å²) in [5, 5.41) is 1.85. The Hall–Kier alpha value is -9.87. The van der Waals surface area contributed by atoms with Gasteiger partial charge < -0.3 is 4.74 Å². The number of aromatic nitrogens is 4. The second-order valence-corrected chi connectivity index (χ2v) is 26.5. The minimum atomic E-state index is -2.48. The third-order valence-corrected chi connectivity index (χ3v) is 19.1. The summed E-state index contributed by atoms with van der Waals surface area (Å²) >= 11 is 2.49. The fourth-order valence-corrected chi connectivity index (χ4v) is 14.9. The second kappa shape index (κ2) is 20.6.